The maximum Gasteiger partial charge on any atom is 0.246 e. The molecule has 0 saturated carbocycles. The maximum absolute atomic E-state index is 5.53. The molecule has 0 spiro atoms. The summed E-state index contributed by atoms with van der Waals surface area (Å²) >= 11 is 0. The Morgan fingerprint density at radius 1 is 1.39 bits per heavy atom. The molecule has 1 unspecified atom stereocenters. The first-order valence-corrected chi connectivity index (χ1v) is 7.01. The van der Waals surface area contributed by atoms with Crippen molar-refractivity contribution in [3.63, 3.8) is 0 Å². The van der Waals surface area contributed by atoms with E-state index in [9.17, 15) is 0 Å². The topological polar surface area (TPSA) is 60.2 Å². The van der Waals surface area contributed by atoms with E-state index in [-0.39, 0.29) is 5.54 Å². The molecule has 0 aliphatic carbocycles. The fourth-order valence-corrected chi connectivity index (χ4v) is 2.99. The minimum absolute atomic E-state index is 0.0730. The molecule has 18 heavy (non-hydrogen) atoms. The van der Waals surface area contributed by atoms with Crippen LogP contribution in [0, 0.1) is 0 Å². The van der Waals surface area contributed by atoms with E-state index in [1.807, 2.05) is 0 Å². The Bertz CT molecular complexity index is 393. The van der Waals surface area contributed by atoms with Crippen LogP contribution in [0.15, 0.2) is 4.52 Å². The first-order chi connectivity index (χ1) is 8.84. The Morgan fingerprint density at radius 2 is 2.22 bits per heavy atom. The summed E-state index contributed by atoms with van der Waals surface area (Å²) in [5.41, 5.74) is -0.0730. The smallest absolute Gasteiger partial charge is 0.246 e. The summed E-state index contributed by atoms with van der Waals surface area (Å²) in [6.45, 7) is 4.84. The molecule has 1 aromatic heterocycles. The quantitative estimate of drug-likeness (QED) is 0.889. The van der Waals surface area contributed by atoms with Crippen molar-refractivity contribution < 1.29 is 9.26 Å². The number of nitrogens with one attached hydrogen (secondary N) is 1. The van der Waals surface area contributed by atoms with Gasteiger partial charge in [-0.05, 0) is 38.6 Å². The van der Waals surface area contributed by atoms with Crippen LogP contribution in [-0.4, -0.2) is 29.9 Å². The van der Waals surface area contributed by atoms with Gasteiger partial charge < -0.3 is 14.6 Å². The summed E-state index contributed by atoms with van der Waals surface area (Å²) in [6, 6.07) is 0. The molecule has 5 nitrogen and oxygen atoms in total. The lowest BCUT2D eigenvalue weighted by atomic mass is 9.94. The molecule has 2 aliphatic rings. The fourth-order valence-electron chi connectivity index (χ4n) is 2.99. The summed E-state index contributed by atoms with van der Waals surface area (Å²) in [7, 11) is 0. The van der Waals surface area contributed by atoms with Crippen molar-refractivity contribution in [2.24, 2.45) is 0 Å². The molecule has 1 atom stereocenters. The van der Waals surface area contributed by atoms with Crippen molar-refractivity contribution in [1.82, 2.24) is 15.5 Å². The maximum atomic E-state index is 5.53. The highest BCUT2D eigenvalue weighted by molar-refractivity contribution is 5.08. The van der Waals surface area contributed by atoms with Crippen molar-refractivity contribution in [2.45, 2.75) is 50.5 Å². The lowest BCUT2D eigenvalue weighted by molar-refractivity contribution is 0.0830. The van der Waals surface area contributed by atoms with Gasteiger partial charge in [0.1, 0.15) is 0 Å². The Balaban J connectivity index is 1.79. The van der Waals surface area contributed by atoms with Gasteiger partial charge in [-0.3, -0.25) is 0 Å². The molecule has 1 N–H and O–H groups in total. The van der Waals surface area contributed by atoms with Crippen LogP contribution < -0.4 is 5.32 Å². The number of hydrogen-bond acceptors (Lipinski definition) is 5. The lowest BCUT2D eigenvalue weighted by Crippen LogP contribution is -2.36. The SMILES string of the molecule is CCC1(c2nc(C3CCOCC3)no2)CCCN1. The van der Waals surface area contributed by atoms with E-state index in [4.69, 9.17) is 9.26 Å². The van der Waals surface area contributed by atoms with Crippen LogP contribution in [0.2, 0.25) is 0 Å². The Labute approximate surface area is 107 Å². The number of ether oxygens (including phenoxy) is 1. The van der Waals surface area contributed by atoms with Gasteiger partial charge in [-0.2, -0.15) is 4.98 Å². The van der Waals surface area contributed by atoms with Crippen molar-refractivity contribution in [3.05, 3.63) is 11.7 Å². The predicted molar refractivity (Wildman–Crippen MR) is 66.3 cm³/mol. The van der Waals surface area contributed by atoms with Gasteiger partial charge in [-0.25, -0.2) is 0 Å². The van der Waals surface area contributed by atoms with Crippen LogP contribution in [0.3, 0.4) is 0 Å². The Kier molecular flexibility index (Phi) is 3.35. The standard InChI is InChI=1S/C13H21N3O2/c1-2-13(6-3-7-14-13)12-15-11(16-18-12)10-4-8-17-9-5-10/h10,14H,2-9H2,1H3. The molecule has 5 heteroatoms. The van der Waals surface area contributed by atoms with Crippen LogP contribution in [0.1, 0.15) is 56.7 Å². The molecule has 1 aromatic rings. The van der Waals surface area contributed by atoms with Gasteiger partial charge >= 0.3 is 0 Å². The summed E-state index contributed by atoms with van der Waals surface area (Å²) in [6.07, 6.45) is 5.29. The molecule has 3 rings (SSSR count). The molecule has 0 amide bonds. The highest BCUT2D eigenvalue weighted by atomic mass is 16.5. The van der Waals surface area contributed by atoms with Crippen molar-refractivity contribution in [3.8, 4) is 0 Å². The van der Waals surface area contributed by atoms with Gasteiger partial charge in [0.05, 0.1) is 5.54 Å². The second-order valence-corrected chi connectivity index (χ2v) is 5.31. The summed E-state index contributed by atoms with van der Waals surface area (Å²) in [4.78, 5) is 4.66. The number of rotatable bonds is 3. The molecular formula is C13H21N3O2. The molecule has 0 radical (unpaired) electrons. The predicted octanol–water partition coefficient (Wildman–Crippen LogP) is 1.95. The lowest BCUT2D eigenvalue weighted by Gasteiger charge is -2.23. The molecule has 0 bridgehead atoms. The molecule has 2 aliphatic heterocycles. The zero-order chi connectivity index (χ0) is 12.4. The minimum atomic E-state index is -0.0730. The van der Waals surface area contributed by atoms with Crippen LogP contribution in [0.4, 0.5) is 0 Å². The average molecular weight is 251 g/mol. The zero-order valence-corrected chi connectivity index (χ0v) is 10.9. The molecule has 0 aromatic carbocycles. The highest BCUT2D eigenvalue weighted by Gasteiger charge is 2.39. The van der Waals surface area contributed by atoms with E-state index in [1.54, 1.807) is 0 Å². The van der Waals surface area contributed by atoms with Gasteiger partial charge in [0, 0.05) is 19.1 Å². The van der Waals surface area contributed by atoms with E-state index in [2.05, 4.69) is 22.4 Å². The monoisotopic (exact) mass is 251 g/mol. The van der Waals surface area contributed by atoms with Crippen LogP contribution >= 0.6 is 0 Å². The molecule has 3 heterocycles. The third-order valence-corrected chi connectivity index (χ3v) is 4.28. The summed E-state index contributed by atoms with van der Waals surface area (Å²) in [5.74, 6) is 2.06. The van der Waals surface area contributed by atoms with Gasteiger partial charge in [-0.1, -0.05) is 12.1 Å². The van der Waals surface area contributed by atoms with Gasteiger partial charge in [0.25, 0.3) is 0 Å². The van der Waals surface area contributed by atoms with Crippen molar-refractivity contribution in [2.75, 3.05) is 19.8 Å². The molecule has 100 valence electrons. The van der Waals surface area contributed by atoms with Gasteiger partial charge in [0.15, 0.2) is 5.82 Å². The third-order valence-electron chi connectivity index (χ3n) is 4.28. The fraction of sp³-hybridized carbons (Fsp3) is 0.846. The van der Waals surface area contributed by atoms with Crippen LogP contribution in [0.25, 0.3) is 0 Å². The number of hydrogen-bond donors (Lipinski definition) is 1. The van der Waals surface area contributed by atoms with Gasteiger partial charge in [-0.15, -0.1) is 0 Å². The Morgan fingerprint density at radius 3 is 2.89 bits per heavy atom. The molecular weight excluding hydrogens is 230 g/mol. The van der Waals surface area contributed by atoms with E-state index in [0.29, 0.717) is 5.92 Å². The largest absolute Gasteiger partial charge is 0.381 e. The zero-order valence-electron chi connectivity index (χ0n) is 10.9. The van der Waals surface area contributed by atoms with E-state index in [0.717, 1.165) is 57.2 Å². The van der Waals surface area contributed by atoms with Crippen molar-refractivity contribution in [1.29, 1.82) is 0 Å². The van der Waals surface area contributed by atoms with Crippen molar-refractivity contribution >= 4 is 0 Å². The normalized spacial score (nSPS) is 29.8. The number of aromatic nitrogens is 2. The number of nitrogens with zero attached hydrogens (tertiary/aromatic N) is 2. The van der Waals surface area contributed by atoms with E-state index in [1.165, 1.54) is 6.42 Å². The minimum Gasteiger partial charge on any atom is -0.381 e. The second-order valence-electron chi connectivity index (χ2n) is 5.31. The molecule has 2 saturated heterocycles. The Hall–Kier alpha value is -0.940. The highest BCUT2D eigenvalue weighted by Crippen LogP contribution is 2.34. The van der Waals surface area contributed by atoms with Crippen LogP contribution in [-0.2, 0) is 10.3 Å². The first-order valence-electron chi connectivity index (χ1n) is 7.01. The third kappa shape index (κ3) is 2.06. The summed E-state index contributed by atoms with van der Waals surface area (Å²) < 4.78 is 10.9. The average Bonchev–Trinajstić information content (AvgIpc) is 3.09. The summed E-state index contributed by atoms with van der Waals surface area (Å²) in [5, 5.41) is 7.73. The second kappa shape index (κ2) is 4.97. The van der Waals surface area contributed by atoms with E-state index < -0.39 is 0 Å². The van der Waals surface area contributed by atoms with E-state index >= 15 is 0 Å². The molecule has 2 fully saturated rings. The van der Waals surface area contributed by atoms with Gasteiger partial charge in [0.2, 0.25) is 5.89 Å². The van der Waals surface area contributed by atoms with Crippen LogP contribution in [0.5, 0.6) is 0 Å². The first kappa shape index (κ1) is 12.1.